The molecule has 1 heterocycles. The maximum Gasteiger partial charge on any atom is 0.264 e. The molecule has 0 saturated heterocycles. The molecule has 152 valence electrons. The van der Waals surface area contributed by atoms with E-state index in [0.29, 0.717) is 29.4 Å². The molecule has 1 aliphatic rings. The van der Waals surface area contributed by atoms with Crippen LogP contribution in [0.4, 0.5) is 5.69 Å². The Morgan fingerprint density at radius 2 is 1.67 bits per heavy atom. The fourth-order valence-electron chi connectivity index (χ4n) is 3.05. The van der Waals surface area contributed by atoms with E-state index in [1.54, 1.807) is 49.5 Å². The van der Waals surface area contributed by atoms with E-state index in [2.05, 4.69) is 0 Å². The van der Waals surface area contributed by atoms with Crippen LogP contribution in [0.15, 0.2) is 72.8 Å². The molecule has 0 bridgehead atoms. The van der Waals surface area contributed by atoms with Gasteiger partial charge in [0.05, 0.1) is 5.69 Å². The van der Waals surface area contributed by atoms with Gasteiger partial charge in [0.1, 0.15) is 23.9 Å². The minimum atomic E-state index is -0.186. The number of rotatable bonds is 7. The monoisotopic (exact) mass is 403 g/mol. The number of ketones is 1. The zero-order chi connectivity index (χ0) is 20.9. The van der Waals surface area contributed by atoms with Crippen LogP contribution in [0, 0.1) is 0 Å². The van der Waals surface area contributed by atoms with E-state index in [-0.39, 0.29) is 24.9 Å². The quantitative estimate of drug-likeness (QED) is 0.560. The molecule has 0 aromatic heterocycles. The zero-order valence-corrected chi connectivity index (χ0v) is 16.5. The van der Waals surface area contributed by atoms with Gasteiger partial charge in [0.2, 0.25) is 0 Å². The summed E-state index contributed by atoms with van der Waals surface area (Å²) in [5.41, 5.74) is 2.13. The molecule has 3 aromatic rings. The van der Waals surface area contributed by atoms with Crippen molar-refractivity contribution in [3.8, 4) is 17.2 Å². The summed E-state index contributed by atoms with van der Waals surface area (Å²) in [5, 5.41) is 0. The Labute approximate surface area is 174 Å². The second-order valence-corrected chi connectivity index (χ2v) is 6.88. The van der Waals surface area contributed by atoms with Crippen LogP contribution < -0.4 is 19.1 Å². The Balaban J connectivity index is 1.33. The second kappa shape index (κ2) is 8.69. The van der Waals surface area contributed by atoms with Gasteiger partial charge in [-0.25, -0.2) is 0 Å². The highest BCUT2D eigenvalue weighted by molar-refractivity contribution is 6.02. The molecule has 1 amide bonds. The van der Waals surface area contributed by atoms with Gasteiger partial charge in [0.25, 0.3) is 5.91 Å². The van der Waals surface area contributed by atoms with Gasteiger partial charge in [-0.2, -0.15) is 0 Å². The second-order valence-electron chi connectivity index (χ2n) is 6.88. The van der Waals surface area contributed by atoms with Crippen LogP contribution in [0.25, 0.3) is 0 Å². The topological polar surface area (TPSA) is 65.1 Å². The first-order valence-corrected chi connectivity index (χ1v) is 9.56. The fraction of sp³-hybridized carbons (Fsp3) is 0.167. The first kappa shape index (κ1) is 19.5. The Kier molecular flexibility index (Phi) is 5.66. The Morgan fingerprint density at radius 1 is 0.967 bits per heavy atom. The lowest BCUT2D eigenvalue weighted by Gasteiger charge is -2.26. The van der Waals surface area contributed by atoms with Crippen molar-refractivity contribution < 1.29 is 23.8 Å². The molecule has 0 spiro atoms. The van der Waals surface area contributed by atoms with Crippen molar-refractivity contribution >= 4 is 17.4 Å². The third-order valence-electron chi connectivity index (χ3n) is 4.81. The maximum absolute atomic E-state index is 12.5. The van der Waals surface area contributed by atoms with E-state index < -0.39 is 0 Å². The number of hydrogen-bond donors (Lipinski definition) is 0. The average molecular weight is 403 g/mol. The summed E-state index contributed by atoms with van der Waals surface area (Å²) in [6.45, 7) is 0.380. The fourth-order valence-corrected chi connectivity index (χ4v) is 3.05. The van der Waals surface area contributed by atoms with E-state index in [4.69, 9.17) is 14.2 Å². The summed E-state index contributed by atoms with van der Waals surface area (Å²) in [5.74, 6) is 1.54. The molecular weight excluding hydrogens is 382 g/mol. The van der Waals surface area contributed by atoms with Gasteiger partial charge in [-0.1, -0.05) is 30.3 Å². The predicted molar refractivity (Wildman–Crippen MR) is 112 cm³/mol. The average Bonchev–Trinajstić information content (AvgIpc) is 2.80. The number of hydrogen-bond acceptors (Lipinski definition) is 5. The van der Waals surface area contributed by atoms with E-state index in [0.717, 1.165) is 11.3 Å². The van der Waals surface area contributed by atoms with Crippen LogP contribution in [0.5, 0.6) is 17.2 Å². The number of benzene rings is 3. The highest BCUT2D eigenvalue weighted by Crippen LogP contribution is 2.32. The minimum Gasteiger partial charge on any atom is -0.489 e. The molecule has 6 heteroatoms. The van der Waals surface area contributed by atoms with Crippen molar-refractivity contribution in [3.63, 3.8) is 0 Å². The molecule has 6 nitrogen and oxygen atoms in total. The molecule has 30 heavy (non-hydrogen) atoms. The Hall–Kier alpha value is -3.80. The molecule has 0 radical (unpaired) electrons. The number of carbonyl (C=O) groups is 2. The van der Waals surface area contributed by atoms with E-state index >= 15 is 0 Å². The largest absolute Gasteiger partial charge is 0.489 e. The molecule has 4 rings (SSSR count). The third-order valence-corrected chi connectivity index (χ3v) is 4.81. The van der Waals surface area contributed by atoms with Gasteiger partial charge in [0, 0.05) is 12.6 Å². The van der Waals surface area contributed by atoms with E-state index in [9.17, 15) is 9.59 Å². The van der Waals surface area contributed by atoms with Gasteiger partial charge in [-0.3, -0.25) is 9.59 Å². The molecule has 0 fully saturated rings. The van der Waals surface area contributed by atoms with Crippen molar-refractivity contribution in [2.45, 2.75) is 6.61 Å². The predicted octanol–water partition coefficient (Wildman–Crippen LogP) is 3.88. The standard InChI is InChI=1S/C24H21NO5/c1-25-21-13-18(7-12-23(21)30-16-24(25)27)22(26)15-29-20-10-8-19(9-11-20)28-14-17-5-3-2-4-6-17/h2-13H,14-16H2,1H3. The van der Waals surface area contributed by atoms with Crippen molar-refractivity contribution in [3.05, 3.63) is 83.9 Å². The number of likely N-dealkylation sites (N-methyl/N-ethyl adjacent to an activating group) is 1. The highest BCUT2D eigenvalue weighted by Gasteiger charge is 2.23. The summed E-state index contributed by atoms with van der Waals surface area (Å²) < 4.78 is 16.7. The molecule has 0 aliphatic carbocycles. The van der Waals surface area contributed by atoms with Crippen LogP contribution in [-0.2, 0) is 11.4 Å². The smallest absolute Gasteiger partial charge is 0.264 e. The Morgan fingerprint density at radius 3 is 2.40 bits per heavy atom. The van der Waals surface area contributed by atoms with Gasteiger partial charge in [-0.15, -0.1) is 0 Å². The number of nitrogens with zero attached hydrogens (tertiary/aromatic N) is 1. The van der Waals surface area contributed by atoms with Crippen molar-refractivity contribution in [2.24, 2.45) is 0 Å². The lowest BCUT2D eigenvalue weighted by molar-refractivity contribution is -0.120. The molecule has 1 aliphatic heterocycles. The number of ether oxygens (including phenoxy) is 3. The van der Waals surface area contributed by atoms with Crippen LogP contribution in [0.2, 0.25) is 0 Å². The first-order chi connectivity index (χ1) is 14.6. The van der Waals surface area contributed by atoms with Gasteiger partial charge >= 0.3 is 0 Å². The SMILES string of the molecule is CN1C(=O)COc2ccc(C(=O)COc3ccc(OCc4ccccc4)cc3)cc21. The number of anilines is 1. The van der Waals surface area contributed by atoms with Crippen LogP contribution in [-0.4, -0.2) is 32.0 Å². The summed E-state index contributed by atoms with van der Waals surface area (Å²) in [6.07, 6.45) is 0. The summed E-state index contributed by atoms with van der Waals surface area (Å²) in [6, 6.07) is 22.1. The number of fused-ring (bicyclic) bond motifs is 1. The zero-order valence-electron chi connectivity index (χ0n) is 16.5. The highest BCUT2D eigenvalue weighted by atomic mass is 16.5. The molecule has 0 atom stereocenters. The van der Waals surface area contributed by atoms with Gasteiger partial charge in [-0.05, 0) is 48.0 Å². The van der Waals surface area contributed by atoms with Crippen LogP contribution in [0.1, 0.15) is 15.9 Å². The van der Waals surface area contributed by atoms with E-state index in [1.807, 2.05) is 30.3 Å². The maximum atomic E-state index is 12.5. The number of Topliss-reactive ketones (excluding diaryl/α,β-unsaturated/α-hetero) is 1. The number of carbonyl (C=O) groups excluding carboxylic acids is 2. The summed E-state index contributed by atoms with van der Waals surface area (Å²) in [7, 11) is 1.66. The molecule has 3 aromatic carbocycles. The van der Waals surface area contributed by atoms with Gasteiger partial charge in [0.15, 0.2) is 19.0 Å². The lowest BCUT2D eigenvalue weighted by Crippen LogP contribution is -2.35. The third kappa shape index (κ3) is 4.43. The van der Waals surface area contributed by atoms with Crippen LogP contribution >= 0.6 is 0 Å². The van der Waals surface area contributed by atoms with Crippen molar-refractivity contribution in [1.29, 1.82) is 0 Å². The van der Waals surface area contributed by atoms with Crippen molar-refractivity contribution in [1.82, 2.24) is 0 Å². The Bertz CT molecular complexity index is 1050. The van der Waals surface area contributed by atoms with Crippen molar-refractivity contribution in [2.75, 3.05) is 25.2 Å². The molecule has 0 saturated carbocycles. The number of amides is 1. The summed E-state index contributed by atoms with van der Waals surface area (Å²) >= 11 is 0. The lowest BCUT2D eigenvalue weighted by atomic mass is 10.1. The van der Waals surface area contributed by atoms with E-state index in [1.165, 1.54) is 4.90 Å². The molecule has 0 unspecified atom stereocenters. The molecular formula is C24H21NO5. The normalized spacial score (nSPS) is 12.7. The van der Waals surface area contributed by atoms with Gasteiger partial charge < -0.3 is 19.1 Å². The van der Waals surface area contributed by atoms with Crippen LogP contribution in [0.3, 0.4) is 0 Å². The first-order valence-electron chi connectivity index (χ1n) is 9.56. The minimum absolute atomic E-state index is 0.00492. The summed E-state index contributed by atoms with van der Waals surface area (Å²) in [4.78, 5) is 25.8. The molecule has 0 N–H and O–H groups in total.